The van der Waals surface area contributed by atoms with E-state index < -0.39 is 12.2 Å². The Kier molecular flexibility index (Phi) is 4.26. The fraction of sp³-hybridized carbons (Fsp3) is 0.667. The first-order valence-corrected chi connectivity index (χ1v) is 7.15. The molecule has 0 aromatic carbocycles. The summed E-state index contributed by atoms with van der Waals surface area (Å²) in [6.45, 7) is 2.82. The number of aryl methyl sites for hydroxylation is 1. The zero-order chi connectivity index (χ0) is 14.0. The molecule has 2 N–H and O–H groups in total. The number of piperidine rings is 1. The van der Waals surface area contributed by atoms with Crippen LogP contribution in [0.3, 0.4) is 0 Å². The van der Waals surface area contributed by atoms with Crippen LogP contribution in [-0.4, -0.2) is 44.9 Å². The lowest BCUT2D eigenvalue weighted by Crippen LogP contribution is -2.39. The van der Waals surface area contributed by atoms with E-state index in [1.165, 1.54) is 16.2 Å². The second kappa shape index (κ2) is 5.75. The molecule has 0 aliphatic carbocycles. The Labute approximate surface area is 115 Å². The number of rotatable bonds is 2. The molecule has 1 fully saturated rings. The smallest absolute Gasteiger partial charge is 0.407 e. The minimum Gasteiger partial charge on any atom is -0.465 e. The zero-order valence-electron chi connectivity index (χ0n) is 11.1. The van der Waals surface area contributed by atoms with Gasteiger partial charge in [0.05, 0.1) is 17.0 Å². The first-order chi connectivity index (χ1) is 8.97. The lowest BCUT2D eigenvalue weighted by molar-refractivity contribution is 0.132. The molecule has 1 amide bonds. The number of carboxylic acid groups (broad SMARTS) is 1. The summed E-state index contributed by atoms with van der Waals surface area (Å²) in [5.41, 5.74) is 0. The van der Waals surface area contributed by atoms with E-state index in [4.69, 9.17) is 5.11 Å². The van der Waals surface area contributed by atoms with Gasteiger partial charge in [-0.05, 0) is 19.8 Å². The van der Waals surface area contributed by atoms with Gasteiger partial charge in [0.2, 0.25) is 0 Å². The summed E-state index contributed by atoms with van der Waals surface area (Å²) in [6, 6.07) is 0.169. The first kappa shape index (κ1) is 14.1. The Morgan fingerprint density at radius 2 is 2.16 bits per heavy atom. The van der Waals surface area contributed by atoms with Crippen molar-refractivity contribution >= 4 is 17.4 Å². The average molecular weight is 285 g/mol. The highest BCUT2D eigenvalue weighted by Crippen LogP contribution is 2.16. The van der Waals surface area contributed by atoms with Crippen molar-refractivity contribution in [3.63, 3.8) is 0 Å². The van der Waals surface area contributed by atoms with E-state index in [2.05, 4.69) is 4.99 Å². The number of aliphatic hydroxyl groups excluding tert-OH is 1. The number of hydrogen-bond donors (Lipinski definition) is 2. The largest absolute Gasteiger partial charge is 0.465 e. The quantitative estimate of drug-likeness (QED) is 0.856. The summed E-state index contributed by atoms with van der Waals surface area (Å²) in [5, 5.41) is 18.4. The standard InChI is InChI=1S/C12H19N3O3S/c1-8(16)10-7-14(2)11(19-10)13-9-3-5-15(6-4-9)12(17)18/h7-9,16H,3-6H2,1-2H3,(H,17,18)/b13-11-. The highest BCUT2D eigenvalue weighted by molar-refractivity contribution is 7.09. The van der Waals surface area contributed by atoms with Crippen molar-refractivity contribution in [2.45, 2.75) is 31.9 Å². The van der Waals surface area contributed by atoms with Crippen LogP contribution in [-0.2, 0) is 7.05 Å². The molecule has 6 nitrogen and oxygen atoms in total. The van der Waals surface area contributed by atoms with E-state index in [0.717, 1.165) is 22.5 Å². The Morgan fingerprint density at radius 3 is 2.63 bits per heavy atom. The number of amides is 1. The molecule has 1 atom stereocenters. The summed E-state index contributed by atoms with van der Waals surface area (Å²) >= 11 is 1.48. The molecule has 1 aliphatic rings. The van der Waals surface area contributed by atoms with Gasteiger partial charge in [-0.1, -0.05) is 11.3 Å². The monoisotopic (exact) mass is 285 g/mol. The van der Waals surface area contributed by atoms with E-state index >= 15 is 0 Å². The van der Waals surface area contributed by atoms with Crippen LogP contribution in [0.15, 0.2) is 11.2 Å². The van der Waals surface area contributed by atoms with Gasteiger partial charge in [0.1, 0.15) is 0 Å². The van der Waals surface area contributed by atoms with Gasteiger partial charge in [0.15, 0.2) is 4.80 Å². The number of aromatic nitrogens is 1. The second-order valence-electron chi connectivity index (χ2n) is 4.83. The van der Waals surface area contributed by atoms with Crippen molar-refractivity contribution < 1.29 is 15.0 Å². The van der Waals surface area contributed by atoms with Crippen LogP contribution >= 0.6 is 11.3 Å². The maximum absolute atomic E-state index is 10.8. The highest BCUT2D eigenvalue weighted by Gasteiger charge is 2.21. The molecule has 0 bridgehead atoms. The van der Waals surface area contributed by atoms with Crippen LogP contribution in [0.5, 0.6) is 0 Å². The molecule has 106 valence electrons. The Balaban J connectivity index is 2.08. The molecule has 7 heteroatoms. The van der Waals surface area contributed by atoms with Gasteiger partial charge in [-0.25, -0.2) is 4.79 Å². The first-order valence-electron chi connectivity index (χ1n) is 6.33. The highest BCUT2D eigenvalue weighted by atomic mass is 32.1. The Morgan fingerprint density at radius 1 is 1.53 bits per heavy atom. The summed E-state index contributed by atoms with van der Waals surface area (Å²) in [4.78, 5) is 18.7. The topological polar surface area (TPSA) is 78.1 Å². The van der Waals surface area contributed by atoms with E-state index in [-0.39, 0.29) is 6.04 Å². The van der Waals surface area contributed by atoms with Crippen molar-refractivity contribution in [3.8, 4) is 0 Å². The molecule has 0 radical (unpaired) electrons. The van der Waals surface area contributed by atoms with E-state index in [1.807, 2.05) is 17.8 Å². The fourth-order valence-corrected chi connectivity index (χ4v) is 3.09. The molecular weight excluding hydrogens is 266 g/mol. The average Bonchev–Trinajstić information content (AvgIpc) is 2.72. The molecule has 1 aromatic heterocycles. The summed E-state index contributed by atoms with van der Waals surface area (Å²) in [6.07, 6.45) is 2.08. The molecule has 0 spiro atoms. The van der Waals surface area contributed by atoms with E-state index in [9.17, 15) is 9.90 Å². The predicted octanol–water partition coefficient (Wildman–Crippen LogP) is 1.18. The molecule has 2 heterocycles. The molecule has 2 rings (SSSR count). The second-order valence-corrected chi connectivity index (χ2v) is 5.87. The van der Waals surface area contributed by atoms with Gasteiger partial charge in [-0.3, -0.25) is 4.99 Å². The maximum atomic E-state index is 10.8. The molecule has 0 saturated carbocycles. The van der Waals surface area contributed by atoms with Crippen molar-refractivity contribution in [3.05, 3.63) is 15.9 Å². The van der Waals surface area contributed by atoms with Crippen molar-refractivity contribution in [2.24, 2.45) is 12.0 Å². The molecule has 1 aromatic rings. The minimum absolute atomic E-state index is 0.169. The molecular formula is C12H19N3O3S. The molecule has 1 saturated heterocycles. The number of carbonyl (C=O) groups is 1. The van der Waals surface area contributed by atoms with Crippen molar-refractivity contribution in [1.82, 2.24) is 9.47 Å². The van der Waals surface area contributed by atoms with Gasteiger partial charge in [-0.15, -0.1) is 0 Å². The summed E-state index contributed by atoms with van der Waals surface area (Å²) < 4.78 is 1.91. The predicted molar refractivity (Wildman–Crippen MR) is 72.1 cm³/mol. The normalized spacial score (nSPS) is 19.7. The molecule has 1 unspecified atom stereocenters. The fourth-order valence-electron chi connectivity index (χ4n) is 2.10. The third-order valence-corrected chi connectivity index (χ3v) is 4.53. The lowest BCUT2D eigenvalue weighted by atomic mass is 10.1. The SMILES string of the molecule is CC(O)c1cn(C)/c(=N/C2CCN(C(=O)O)CC2)s1. The van der Waals surface area contributed by atoms with Crippen LogP contribution in [0.4, 0.5) is 4.79 Å². The minimum atomic E-state index is -0.850. The van der Waals surface area contributed by atoms with Gasteiger partial charge in [0.25, 0.3) is 0 Å². The number of aliphatic hydroxyl groups is 1. The lowest BCUT2D eigenvalue weighted by Gasteiger charge is -2.27. The molecule has 19 heavy (non-hydrogen) atoms. The number of likely N-dealkylation sites (tertiary alicyclic amines) is 1. The van der Waals surface area contributed by atoms with Crippen LogP contribution in [0.2, 0.25) is 0 Å². The van der Waals surface area contributed by atoms with E-state index in [1.54, 1.807) is 6.92 Å². The van der Waals surface area contributed by atoms with Gasteiger partial charge in [-0.2, -0.15) is 0 Å². The van der Waals surface area contributed by atoms with Crippen molar-refractivity contribution in [1.29, 1.82) is 0 Å². The summed E-state index contributed by atoms with van der Waals surface area (Å²) in [5.74, 6) is 0. The third kappa shape index (κ3) is 3.36. The third-order valence-electron chi connectivity index (χ3n) is 3.27. The Bertz CT molecular complexity index is 513. The van der Waals surface area contributed by atoms with Crippen LogP contribution < -0.4 is 4.80 Å². The van der Waals surface area contributed by atoms with Crippen LogP contribution in [0.1, 0.15) is 30.7 Å². The van der Waals surface area contributed by atoms with Crippen LogP contribution in [0, 0.1) is 0 Å². The zero-order valence-corrected chi connectivity index (χ0v) is 11.9. The van der Waals surface area contributed by atoms with Gasteiger partial charge < -0.3 is 19.7 Å². The maximum Gasteiger partial charge on any atom is 0.407 e. The number of thiazole rings is 1. The van der Waals surface area contributed by atoms with Gasteiger partial charge in [0, 0.05) is 26.3 Å². The Hall–Kier alpha value is -1.34. The van der Waals surface area contributed by atoms with Crippen LogP contribution in [0.25, 0.3) is 0 Å². The van der Waals surface area contributed by atoms with E-state index in [0.29, 0.717) is 13.1 Å². The molecule has 1 aliphatic heterocycles. The van der Waals surface area contributed by atoms with Crippen molar-refractivity contribution in [2.75, 3.05) is 13.1 Å². The van der Waals surface area contributed by atoms with Gasteiger partial charge >= 0.3 is 6.09 Å². The number of nitrogens with zero attached hydrogens (tertiary/aromatic N) is 3. The summed E-state index contributed by atoms with van der Waals surface area (Å²) in [7, 11) is 1.91. The number of hydrogen-bond acceptors (Lipinski definition) is 4.